The van der Waals surface area contributed by atoms with E-state index in [4.69, 9.17) is 14.2 Å². The molecule has 1 aliphatic heterocycles. The van der Waals surface area contributed by atoms with Crippen molar-refractivity contribution in [1.29, 1.82) is 0 Å². The van der Waals surface area contributed by atoms with E-state index in [-0.39, 0.29) is 12.1 Å². The van der Waals surface area contributed by atoms with Crippen LogP contribution < -0.4 is 4.74 Å². The van der Waals surface area contributed by atoms with Crippen LogP contribution in [0.3, 0.4) is 0 Å². The Morgan fingerprint density at radius 2 is 2.18 bits per heavy atom. The Labute approximate surface area is 99.8 Å². The van der Waals surface area contributed by atoms with Gasteiger partial charge in [-0.15, -0.1) is 0 Å². The van der Waals surface area contributed by atoms with Crippen molar-refractivity contribution in [3.05, 3.63) is 35.7 Å². The van der Waals surface area contributed by atoms with Gasteiger partial charge in [-0.1, -0.05) is 12.2 Å². The largest absolute Gasteiger partial charge is 0.496 e. The number of ether oxygens (including phenoxy) is 3. The summed E-state index contributed by atoms with van der Waals surface area (Å²) in [6.07, 6.45) is 4.19. The number of methoxy groups -OCH3 is 1. The summed E-state index contributed by atoms with van der Waals surface area (Å²) in [7, 11) is 1.56. The molecule has 1 aromatic carbocycles. The molecule has 0 N–H and O–H groups in total. The van der Waals surface area contributed by atoms with E-state index in [0.717, 1.165) is 0 Å². The van der Waals surface area contributed by atoms with Crippen LogP contribution in [0.15, 0.2) is 24.3 Å². The molecule has 17 heavy (non-hydrogen) atoms. The summed E-state index contributed by atoms with van der Waals surface area (Å²) in [6.45, 7) is 1.28. The van der Waals surface area contributed by atoms with Crippen LogP contribution in [0.2, 0.25) is 0 Å². The van der Waals surface area contributed by atoms with Crippen LogP contribution >= 0.6 is 0 Å². The zero-order valence-corrected chi connectivity index (χ0v) is 9.69. The summed E-state index contributed by atoms with van der Waals surface area (Å²) in [6, 6.07) is 4.42. The van der Waals surface area contributed by atoms with Crippen molar-refractivity contribution in [2.45, 2.75) is 12.7 Å². The van der Waals surface area contributed by atoms with E-state index in [9.17, 15) is 4.39 Å². The lowest BCUT2D eigenvalue weighted by Crippen LogP contribution is -2.04. The molecule has 3 nitrogen and oxygen atoms in total. The first-order chi connectivity index (χ1) is 8.29. The molecule has 1 aliphatic rings. The fourth-order valence-electron chi connectivity index (χ4n) is 1.68. The maximum Gasteiger partial charge on any atom is 0.161 e. The van der Waals surface area contributed by atoms with E-state index < -0.39 is 0 Å². The van der Waals surface area contributed by atoms with Gasteiger partial charge in [-0.2, -0.15) is 0 Å². The molecule has 4 heteroatoms. The lowest BCUT2D eigenvalue weighted by atomic mass is 10.1. The summed E-state index contributed by atoms with van der Waals surface area (Å²) < 4.78 is 28.8. The topological polar surface area (TPSA) is 27.7 Å². The predicted molar refractivity (Wildman–Crippen MR) is 62.3 cm³/mol. The van der Waals surface area contributed by atoms with Crippen molar-refractivity contribution >= 4 is 6.08 Å². The molecule has 92 valence electrons. The Bertz CT molecular complexity index is 398. The maximum atomic E-state index is 13.1. The van der Waals surface area contributed by atoms with Gasteiger partial charge in [-0.05, 0) is 18.2 Å². The van der Waals surface area contributed by atoms with Gasteiger partial charge in [0.15, 0.2) is 6.29 Å². The molecule has 0 spiro atoms. The quantitative estimate of drug-likeness (QED) is 0.807. The van der Waals surface area contributed by atoms with Crippen molar-refractivity contribution in [2.75, 3.05) is 20.3 Å². The zero-order valence-electron chi connectivity index (χ0n) is 9.69. The van der Waals surface area contributed by atoms with Gasteiger partial charge >= 0.3 is 0 Å². The van der Waals surface area contributed by atoms with Crippen LogP contribution in [0.5, 0.6) is 5.75 Å². The summed E-state index contributed by atoms with van der Waals surface area (Å²) in [5.41, 5.74) is 0.713. The van der Waals surface area contributed by atoms with Gasteiger partial charge in [0.2, 0.25) is 0 Å². The minimum absolute atomic E-state index is 0.175. The van der Waals surface area contributed by atoms with Crippen LogP contribution in [0.25, 0.3) is 6.08 Å². The molecule has 0 saturated carbocycles. The van der Waals surface area contributed by atoms with E-state index in [1.54, 1.807) is 13.2 Å². The smallest absolute Gasteiger partial charge is 0.161 e. The monoisotopic (exact) mass is 238 g/mol. The third-order valence-corrected chi connectivity index (χ3v) is 2.51. The third kappa shape index (κ3) is 3.28. The van der Waals surface area contributed by atoms with Crippen molar-refractivity contribution in [3.63, 3.8) is 0 Å². The van der Waals surface area contributed by atoms with E-state index in [0.29, 0.717) is 30.9 Å². The van der Waals surface area contributed by atoms with E-state index in [1.807, 2.05) is 12.2 Å². The van der Waals surface area contributed by atoms with Crippen molar-refractivity contribution in [2.24, 2.45) is 0 Å². The lowest BCUT2D eigenvalue weighted by molar-refractivity contribution is -0.0379. The molecule has 0 aliphatic carbocycles. The van der Waals surface area contributed by atoms with E-state index >= 15 is 0 Å². The molecule has 1 heterocycles. The molecule has 0 bridgehead atoms. The average molecular weight is 238 g/mol. The Morgan fingerprint density at radius 3 is 2.88 bits per heavy atom. The highest BCUT2D eigenvalue weighted by molar-refractivity contribution is 5.57. The molecule has 0 radical (unpaired) electrons. The molecule has 2 rings (SSSR count). The molecule has 1 aromatic rings. The third-order valence-electron chi connectivity index (χ3n) is 2.51. The predicted octanol–water partition coefficient (Wildman–Crippen LogP) is 2.61. The SMILES string of the molecule is COc1ccc(F)cc1/C=C/CC1OCCO1. The first-order valence-electron chi connectivity index (χ1n) is 5.53. The Hall–Kier alpha value is -1.39. The molecular weight excluding hydrogens is 223 g/mol. The molecule has 1 fully saturated rings. The number of hydrogen-bond donors (Lipinski definition) is 0. The average Bonchev–Trinajstić information content (AvgIpc) is 2.82. The maximum absolute atomic E-state index is 13.1. The normalized spacial score (nSPS) is 16.8. The number of halogens is 1. The summed E-state index contributed by atoms with van der Waals surface area (Å²) in [5, 5.41) is 0. The van der Waals surface area contributed by atoms with Gasteiger partial charge in [-0.25, -0.2) is 4.39 Å². The summed E-state index contributed by atoms with van der Waals surface area (Å²) in [5.74, 6) is 0.370. The van der Waals surface area contributed by atoms with Crippen LogP contribution in [0, 0.1) is 5.82 Å². The standard InChI is InChI=1S/C13H15FO3/c1-15-12-6-5-11(14)9-10(12)3-2-4-13-16-7-8-17-13/h2-3,5-6,9,13H,4,7-8H2,1H3/b3-2+. The van der Waals surface area contributed by atoms with Gasteiger partial charge in [-0.3, -0.25) is 0 Å². The highest BCUT2D eigenvalue weighted by Crippen LogP contribution is 2.21. The van der Waals surface area contributed by atoms with Crippen molar-refractivity contribution in [1.82, 2.24) is 0 Å². The molecule has 0 atom stereocenters. The minimum atomic E-state index is -0.279. The molecule has 1 saturated heterocycles. The van der Waals surface area contributed by atoms with Gasteiger partial charge < -0.3 is 14.2 Å². The van der Waals surface area contributed by atoms with Gasteiger partial charge in [0.1, 0.15) is 11.6 Å². The van der Waals surface area contributed by atoms with Crippen molar-refractivity contribution in [3.8, 4) is 5.75 Å². The number of hydrogen-bond acceptors (Lipinski definition) is 3. The van der Waals surface area contributed by atoms with Gasteiger partial charge in [0, 0.05) is 12.0 Å². The molecule has 0 amide bonds. The Morgan fingerprint density at radius 1 is 1.41 bits per heavy atom. The van der Waals surface area contributed by atoms with Gasteiger partial charge in [0.05, 0.1) is 20.3 Å². The Kier molecular flexibility index (Phi) is 4.12. The molecule has 0 unspecified atom stereocenters. The second kappa shape index (κ2) is 5.80. The highest BCUT2D eigenvalue weighted by Gasteiger charge is 2.13. The van der Waals surface area contributed by atoms with Crippen LogP contribution in [0.1, 0.15) is 12.0 Å². The minimum Gasteiger partial charge on any atom is -0.496 e. The first kappa shape index (κ1) is 12.1. The second-order valence-corrected chi connectivity index (χ2v) is 3.70. The lowest BCUT2D eigenvalue weighted by Gasteiger charge is -2.06. The van der Waals surface area contributed by atoms with Crippen molar-refractivity contribution < 1.29 is 18.6 Å². The van der Waals surface area contributed by atoms with Crippen LogP contribution in [-0.4, -0.2) is 26.6 Å². The highest BCUT2D eigenvalue weighted by atomic mass is 19.1. The second-order valence-electron chi connectivity index (χ2n) is 3.70. The van der Waals surface area contributed by atoms with E-state index in [2.05, 4.69) is 0 Å². The molecular formula is C13H15FO3. The fraction of sp³-hybridized carbons (Fsp3) is 0.385. The van der Waals surface area contributed by atoms with Crippen LogP contribution in [-0.2, 0) is 9.47 Å². The number of benzene rings is 1. The number of rotatable bonds is 4. The van der Waals surface area contributed by atoms with E-state index in [1.165, 1.54) is 12.1 Å². The summed E-state index contributed by atoms with van der Waals surface area (Å²) in [4.78, 5) is 0. The van der Waals surface area contributed by atoms with Crippen LogP contribution in [0.4, 0.5) is 4.39 Å². The first-order valence-corrected chi connectivity index (χ1v) is 5.53. The zero-order chi connectivity index (χ0) is 12.1. The van der Waals surface area contributed by atoms with Gasteiger partial charge in [0.25, 0.3) is 0 Å². The fourth-order valence-corrected chi connectivity index (χ4v) is 1.68. The summed E-state index contributed by atoms with van der Waals surface area (Å²) >= 11 is 0. The molecule has 0 aromatic heterocycles. The Balaban J connectivity index is 2.00.